The van der Waals surface area contributed by atoms with Crippen LogP contribution < -0.4 is 0 Å². The zero-order valence-electron chi connectivity index (χ0n) is 17.7. The number of H-pyrrole nitrogens is 2. The Morgan fingerprint density at radius 3 is 2.85 bits per heavy atom. The van der Waals surface area contributed by atoms with Crippen LogP contribution >= 0.6 is 0 Å². The van der Waals surface area contributed by atoms with Crippen molar-refractivity contribution >= 4 is 28.0 Å². The van der Waals surface area contributed by atoms with Gasteiger partial charge in [-0.05, 0) is 56.0 Å². The maximum absolute atomic E-state index is 12.3. The number of aromatic amines is 2. The molecule has 1 fully saturated rings. The van der Waals surface area contributed by atoms with Crippen LogP contribution in [0.1, 0.15) is 53.3 Å². The third kappa shape index (κ3) is 2.80. The molecule has 0 atom stereocenters. The summed E-state index contributed by atoms with van der Waals surface area (Å²) in [5.74, 6) is 1.59. The van der Waals surface area contributed by atoms with E-state index in [2.05, 4.69) is 26.0 Å². The zero-order chi connectivity index (χ0) is 22.0. The van der Waals surface area contributed by atoms with Crippen molar-refractivity contribution < 1.29 is 9.53 Å². The molecule has 0 bridgehead atoms. The summed E-state index contributed by atoms with van der Waals surface area (Å²) in [6.45, 7) is 0. The van der Waals surface area contributed by atoms with Crippen molar-refractivity contribution in [2.75, 3.05) is 0 Å². The van der Waals surface area contributed by atoms with E-state index in [1.807, 2.05) is 24.4 Å². The zero-order valence-corrected chi connectivity index (χ0v) is 17.7. The third-order valence-corrected chi connectivity index (χ3v) is 7.07. The van der Waals surface area contributed by atoms with Gasteiger partial charge in [-0.2, -0.15) is 0 Å². The van der Waals surface area contributed by atoms with Gasteiger partial charge in [0, 0.05) is 46.5 Å². The molecule has 0 saturated heterocycles. The molecule has 0 unspecified atom stereocenters. The summed E-state index contributed by atoms with van der Waals surface area (Å²) in [7, 11) is 0. The Hall–Kier alpha value is -4.07. The molecule has 2 aliphatic rings. The molecule has 4 aromatic heterocycles. The van der Waals surface area contributed by atoms with E-state index in [-0.39, 0.29) is 11.9 Å². The van der Waals surface area contributed by atoms with Gasteiger partial charge >= 0.3 is 5.97 Å². The number of nitrogens with zero attached hydrogens (tertiary/aromatic N) is 4. The molecule has 1 saturated carbocycles. The van der Waals surface area contributed by atoms with Crippen LogP contribution in [0.3, 0.4) is 0 Å². The molecule has 162 valence electrons. The summed E-state index contributed by atoms with van der Waals surface area (Å²) in [6.07, 6.45) is 10.4. The first-order chi connectivity index (χ1) is 16.2. The molecule has 5 aromatic rings. The van der Waals surface area contributed by atoms with Gasteiger partial charge in [0.15, 0.2) is 11.5 Å². The third-order valence-electron chi connectivity index (χ3n) is 7.07. The van der Waals surface area contributed by atoms with Crippen molar-refractivity contribution in [3.63, 3.8) is 0 Å². The van der Waals surface area contributed by atoms with Gasteiger partial charge in [-0.1, -0.05) is 0 Å². The lowest BCUT2D eigenvalue weighted by molar-refractivity contribution is -0.0313. The van der Waals surface area contributed by atoms with E-state index < -0.39 is 5.60 Å². The number of nitrogens with one attached hydrogen (secondary N) is 2. The molecule has 0 radical (unpaired) electrons. The highest BCUT2D eigenvalue weighted by Gasteiger charge is 2.48. The number of benzene rings is 1. The average molecular weight is 436 g/mol. The summed E-state index contributed by atoms with van der Waals surface area (Å²) >= 11 is 0. The predicted molar refractivity (Wildman–Crippen MR) is 122 cm³/mol. The minimum Gasteiger partial charge on any atom is -0.450 e. The summed E-state index contributed by atoms with van der Waals surface area (Å²) in [6, 6.07) is 9.92. The number of ether oxygens (including phenoxy) is 1. The fourth-order valence-electron chi connectivity index (χ4n) is 5.30. The minimum atomic E-state index is -0.549. The van der Waals surface area contributed by atoms with Crippen molar-refractivity contribution in [1.29, 1.82) is 0 Å². The molecular formula is C25H20N6O2. The Labute approximate surface area is 188 Å². The predicted octanol–water partition coefficient (Wildman–Crippen LogP) is 4.62. The Bertz CT molecular complexity index is 1540. The Balaban J connectivity index is 1.16. The maximum Gasteiger partial charge on any atom is 0.339 e. The Kier molecular flexibility index (Phi) is 3.76. The van der Waals surface area contributed by atoms with E-state index in [1.54, 1.807) is 24.7 Å². The Morgan fingerprint density at radius 2 is 1.94 bits per heavy atom. The standard InChI is InChI=1S/C25H20N6O2/c32-24-17-6-9-26-12-18(17)25(33-24)7-3-14(4-8-25)22-29-20-13-28-21(30-23(20)31-22)16-1-2-19-15(11-16)5-10-27-19/h1-2,5-6,9-14,27H,3-4,7-8H2,(H,28,29,30,31)/t14-,25-. The van der Waals surface area contributed by atoms with E-state index in [4.69, 9.17) is 14.7 Å². The highest BCUT2D eigenvalue weighted by Crippen LogP contribution is 2.49. The highest BCUT2D eigenvalue weighted by atomic mass is 16.6. The van der Waals surface area contributed by atoms with Crippen LogP contribution in [0.4, 0.5) is 0 Å². The second-order valence-corrected chi connectivity index (χ2v) is 8.91. The smallest absolute Gasteiger partial charge is 0.339 e. The molecule has 2 N–H and O–H groups in total. The first kappa shape index (κ1) is 18.5. The van der Waals surface area contributed by atoms with E-state index in [9.17, 15) is 4.79 Å². The number of imidazole rings is 1. The summed E-state index contributed by atoms with van der Waals surface area (Å²) in [5.41, 5.74) is 4.57. The second kappa shape index (κ2) is 6.71. The molecule has 5 heterocycles. The van der Waals surface area contributed by atoms with E-state index >= 15 is 0 Å². The molecule has 8 nitrogen and oxygen atoms in total. The van der Waals surface area contributed by atoms with Gasteiger partial charge < -0.3 is 14.7 Å². The van der Waals surface area contributed by atoms with E-state index in [1.165, 1.54) is 0 Å². The average Bonchev–Trinajstić information content (AvgIpc) is 3.56. The normalized spacial score (nSPS) is 22.2. The van der Waals surface area contributed by atoms with Crippen LogP contribution in [0.2, 0.25) is 0 Å². The number of pyridine rings is 1. The molecule has 1 aliphatic carbocycles. The molecule has 1 spiro atoms. The number of rotatable bonds is 2. The number of carbonyl (C=O) groups is 1. The van der Waals surface area contributed by atoms with Crippen LogP contribution in [0.25, 0.3) is 33.5 Å². The molecule has 8 heteroatoms. The lowest BCUT2D eigenvalue weighted by Gasteiger charge is -2.35. The summed E-state index contributed by atoms with van der Waals surface area (Å²) in [5, 5.41) is 1.12. The minimum absolute atomic E-state index is 0.241. The van der Waals surface area contributed by atoms with Crippen molar-refractivity contribution in [2.24, 2.45) is 0 Å². The number of esters is 1. The molecule has 1 aliphatic heterocycles. The van der Waals surface area contributed by atoms with Gasteiger partial charge in [-0.15, -0.1) is 0 Å². The largest absolute Gasteiger partial charge is 0.450 e. The highest BCUT2D eigenvalue weighted by molar-refractivity contribution is 5.94. The topological polar surface area (TPSA) is 109 Å². The lowest BCUT2D eigenvalue weighted by Crippen LogP contribution is -2.31. The van der Waals surface area contributed by atoms with Gasteiger partial charge in [0.25, 0.3) is 0 Å². The monoisotopic (exact) mass is 436 g/mol. The molecular weight excluding hydrogens is 416 g/mol. The van der Waals surface area contributed by atoms with E-state index in [0.29, 0.717) is 17.0 Å². The lowest BCUT2D eigenvalue weighted by atomic mass is 9.75. The van der Waals surface area contributed by atoms with Gasteiger partial charge in [-0.25, -0.2) is 19.7 Å². The second-order valence-electron chi connectivity index (χ2n) is 8.91. The van der Waals surface area contributed by atoms with Crippen molar-refractivity contribution in [2.45, 2.75) is 37.2 Å². The molecule has 1 aromatic carbocycles. The van der Waals surface area contributed by atoms with Crippen molar-refractivity contribution in [1.82, 2.24) is 29.9 Å². The van der Waals surface area contributed by atoms with Crippen LogP contribution in [-0.2, 0) is 10.3 Å². The number of hydrogen-bond donors (Lipinski definition) is 2. The summed E-state index contributed by atoms with van der Waals surface area (Å²) < 4.78 is 5.86. The van der Waals surface area contributed by atoms with Crippen LogP contribution in [0, 0.1) is 0 Å². The van der Waals surface area contributed by atoms with E-state index in [0.717, 1.165) is 59.1 Å². The van der Waals surface area contributed by atoms with Crippen LogP contribution in [-0.4, -0.2) is 35.9 Å². The Morgan fingerprint density at radius 1 is 1.03 bits per heavy atom. The number of carbonyl (C=O) groups excluding carboxylic acids is 1. The van der Waals surface area contributed by atoms with Crippen molar-refractivity contribution in [3.05, 3.63) is 72.1 Å². The molecule has 7 rings (SSSR count). The van der Waals surface area contributed by atoms with Gasteiger partial charge in [0.2, 0.25) is 0 Å². The quantitative estimate of drug-likeness (QED) is 0.391. The van der Waals surface area contributed by atoms with Crippen molar-refractivity contribution in [3.8, 4) is 11.4 Å². The van der Waals surface area contributed by atoms with Crippen LogP contribution in [0.5, 0.6) is 0 Å². The fourth-order valence-corrected chi connectivity index (χ4v) is 5.30. The van der Waals surface area contributed by atoms with Gasteiger partial charge in [0.05, 0.1) is 11.8 Å². The van der Waals surface area contributed by atoms with Crippen LogP contribution in [0.15, 0.2) is 55.1 Å². The fraction of sp³-hybridized carbons (Fsp3) is 0.240. The first-order valence-electron chi connectivity index (χ1n) is 11.2. The van der Waals surface area contributed by atoms with Gasteiger partial charge in [-0.3, -0.25) is 4.98 Å². The summed E-state index contributed by atoms with van der Waals surface area (Å²) in [4.78, 5) is 37.3. The number of hydrogen-bond acceptors (Lipinski definition) is 6. The first-order valence-corrected chi connectivity index (χ1v) is 11.2. The van der Waals surface area contributed by atoms with Gasteiger partial charge in [0.1, 0.15) is 16.9 Å². The maximum atomic E-state index is 12.3. The molecule has 33 heavy (non-hydrogen) atoms. The number of fused-ring (bicyclic) bond motifs is 4. The SMILES string of the molecule is O=C1O[C@]2(CC[C@H](c3nc4nc(-c5ccc6[nH]ccc6c5)ncc4[nH]3)CC2)c2cnccc21. The number of aromatic nitrogens is 6. The molecule has 0 amide bonds.